The molecule has 21 heavy (non-hydrogen) atoms. The summed E-state index contributed by atoms with van der Waals surface area (Å²) in [5.41, 5.74) is 0.961. The van der Waals surface area contributed by atoms with E-state index in [4.69, 9.17) is 0 Å². The maximum absolute atomic E-state index is 4.45. The van der Waals surface area contributed by atoms with Gasteiger partial charge in [0.05, 0.1) is 11.9 Å². The van der Waals surface area contributed by atoms with Crippen molar-refractivity contribution in [2.24, 2.45) is 5.92 Å². The predicted molar refractivity (Wildman–Crippen MR) is 87.6 cm³/mol. The Balaban J connectivity index is 1.49. The van der Waals surface area contributed by atoms with Crippen LogP contribution in [-0.4, -0.2) is 34.5 Å². The van der Waals surface area contributed by atoms with E-state index in [1.807, 2.05) is 18.3 Å². The van der Waals surface area contributed by atoms with Crippen LogP contribution in [0.2, 0.25) is 0 Å². The molecule has 5 heteroatoms. The number of likely N-dealkylation sites (tertiary alicyclic amines) is 1. The zero-order chi connectivity index (χ0) is 14.5. The Labute approximate surface area is 130 Å². The molecule has 0 aliphatic carbocycles. The van der Waals surface area contributed by atoms with Crippen LogP contribution >= 0.6 is 11.3 Å². The highest BCUT2D eigenvalue weighted by Crippen LogP contribution is 2.20. The number of rotatable bonds is 5. The van der Waals surface area contributed by atoms with Gasteiger partial charge in [0.2, 0.25) is 0 Å². The standard InChI is InChI=1S/C16H22N4S/c1-13-8-17-10-16(19-13)18-9-14-4-2-6-20(11-14)12-15-5-3-7-21-15/h3,5,7-8,10,14H,2,4,6,9,11-12H2,1H3,(H,18,19). The van der Waals surface area contributed by atoms with Gasteiger partial charge in [0.1, 0.15) is 5.82 Å². The summed E-state index contributed by atoms with van der Waals surface area (Å²) in [6.45, 7) is 6.45. The van der Waals surface area contributed by atoms with Crippen molar-refractivity contribution in [2.45, 2.75) is 26.3 Å². The zero-order valence-electron chi connectivity index (χ0n) is 12.5. The Kier molecular flexibility index (Phi) is 4.83. The SMILES string of the molecule is Cc1cncc(NCC2CCCN(Cc3cccs3)C2)n1. The van der Waals surface area contributed by atoms with Crippen molar-refractivity contribution in [1.82, 2.24) is 14.9 Å². The van der Waals surface area contributed by atoms with Crippen LogP contribution in [0.25, 0.3) is 0 Å². The number of piperidine rings is 1. The first-order chi connectivity index (χ1) is 10.3. The van der Waals surface area contributed by atoms with Gasteiger partial charge in [-0.25, -0.2) is 4.98 Å². The molecule has 1 saturated heterocycles. The number of aryl methyl sites for hydroxylation is 1. The first-order valence-electron chi connectivity index (χ1n) is 7.57. The van der Waals surface area contributed by atoms with Gasteiger partial charge >= 0.3 is 0 Å². The van der Waals surface area contributed by atoms with Gasteiger partial charge in [0.25, 0.3) is 0 Å². The van der Waals surface area contributed by atoms with Crippen molar-refractivity contribution in [1.29, 1.82) is 0 Å². The highest BCUT2D eigenvalue weighted by Gasteiger charge is 2.20. The maximum atomic E-state index is 4.45. The van der Waals surface area contributed by atoms with Gasteiger partial charge in [-0.1, -0.05) is 6.07 Å². The first kappa shape index (κ1) is 14.5. The minimum atomic E-state index is 0.695. The highest BCUT2D eigenvalue weighted by atomic mass is 32.1. The van der Waals surface area contributed by atoms with E-state index in [0.717, 1.165) is 24.6 Å². The van der Waals surface area contributed by atoms with E-state index in [1.165, 1.54) is 30.8 Å². The third-order valence-corrected chi connectivity index (χ3v) is 4.75. The van der Waals surface area contributed by atoms with Crippen molar-refractivity contribution in [3.8, 4) is 0 Å². The third kappa shape index (κ3) is 4.25. The Morgan fingerprint density at radius 1 is 1.43 bits per heavy atom. The van der Waals surface area contributed by atoms with Crippen LogP contribution in [-0.2, 0) is 6.54 Å². The molecule has 2 aromatic heterocycles. The minimum absolute atomic E-state index is 0.695. The number of hydrogen-bond acceptors (Lipinski definition) is 5. The molecule has 1 fully saturated rings. The van der Waals surface area contributed by atoms with E-state index >= 15 is 0 Å². The molecule has 4 nitrogen and oxygen atoms in total. The maximum Gasteiger partial charge on any atom is 0.144 e. The summed E-state index contributed by atoms with van der Waals surface area (Å²) in [5, 5.41) is 5.60. The van der Waals surface area contributed by atoms with E-state index < -0.39 is 0 Å². The van der Waals surface area contributed by atoms with Gasteiger partial charge < -0.3 is 5.32 Å². The lowest BCUT2D eigenvalue weighted by Gasteiger charge is -2.32. The number of thiophene rings is 1. The molecule has 0 radical (unpaired) electrons. The fourth-order valence-electron chi connectivity index (χ4n) is 2.88. The molecule has 3 heterocycles. The van der Waals surface area contributed by atoms with Crippen molar-refractivity contribution >= 4 is 17.2 Å². The van der Waals surface area contributed by atoms with Crippen molar-refractivity contribution < 1.29 is 0 Å². The molecular formula is C16H22N4S. The third-order valence-electron chi connectivity index (χ3n) is 3.89. The Morgan fingerprint density at radius 2 is 2.38 bits per heavy atom. The molecule has 0 spiro atoms. The molecule has 1 aliphatic rings. The second-order valence-electron chi connectivity index (χ2n) is 5.75. The van der Waals surface area contributed by atoms with Gasteiger partial charge in [0, 0.05) is 30.7 Å². The van der Waals surface area contributed by atoms with E-state index in [-0.39, 0.29) is 0 Å². The number of aromatic nitrogens is 2. The summed E-state index contributed by atoms with van der Waals surface area (Å²) in [7, 11) is 0. The van der Waals surface area contributed by atoms with Gasteiger partial charge in [0.15, 0.2) is 0 Å². The minimum Gasteiger partial charge on any atom is -0.368 e. The summed E-state index contributed by atoms with van der Waals surface area (Å²) in [5.74, 6) is 1.59. The van der Waals surface area contributed by atoms with Crippen LogP contribution in [0.15, 0.2) is 29.9 Å². The Hall–Kier alpha value is -1.46. The van der Waals surface area contributed by atoms with Gasteiger partial charge in [-0.05, 0) is 43.7 Å². The van der Waals surface area contributed by atoms with Crippen LogP contribution in [0.1, 0.15) is 23.4 Å². The lowest BCUT2D eigenvalue weighted by molar-refractivity contribution is 0.174. The van der Waals surface area contributed by atoms with Crippen molar-refractivity contribution in [3.63, 3.8) is 0 Å². The second-order valence-corrected chi connectivity index (χ2v) is 6.78. The van der Waals surface area contributed by atoms with E-state index in [0.29, 0.717) is 5.92 Å². The smallest absolute Gasteiger partial charge is 0.144 e. The summed E-state index contributed by atoms with van der Waals surface area (Å²) < 4.78 is 0. The van der Waals surface area contributed by atoms with Crippen molar-refractivity contribution in [2.75, 3.05) is 25.0 Å². The molecule has 1 atom stereocenters. The molecule has 2 aromatic rings. The number of hydrogen-bond donors (Lipinski definition) is 1. The molecule has 112 valence electrons. The van der Waals surface area contributed by atoms with Crippen molar-refractivity contribution in [3.05, 3.63) is 40.5 Å². The van der Waals surface area contributed by atoms with Crippen LogP contribution in [0.5, 0.6) is 0 Å². The van der Waals surface area contributed by atoms with Crippen LogP contribution in [0, 0.1) is 12.8 Å². The van der Waals surface area contributed by atoms with Gasteiger partial charge in [-0.3, -0.25) is 9.88 Å². The fourth-order valence-corrected chi connectivity index (χ4v) is 3.63. The number of anilines is 1. The summed E-state index contributed by atoms with van der Waals surface area (Å²) in [6, 6.07) is 4.37. The predicted octanol–water partition coefficient (Wildman–Crippen LogP) is 3.17. The average Bonchev–Trinajstić information content (AvgIpc) is 2.99. The monoisotopic (exact) mass is 302 g/mol. The number of nitrogens with zero attached hydrogens (tertiary/aromatic N) is 3. The van der Waals surface area contributed by atoms with E-state index in [9.17, 15) is 0 Å². The molecule has 0 bridgehead atoms. The largest absolute Gasteiger partial charge is 0.368 e. The summed E-state index contributed by atoms with van der Waals surface area (Å²) in [6.07, 6.45) is 6.18. The Morgan fingerprint density at radius 3 is 3.19 bits per heavy atom. The quantitative estimate of drug-likeness (QED) is 0.921. The molecular weight excluding hydrogens is 280 g/mol. The molecule has 1 N–H and O–H groups in total. The van der Waals surface area contributed by atoms with Crippen LogP contribution < -0.4 is 5.32 Å². The zero-order valence-corrected chi connectivity index (χ0v) is 13.3. The van der Waals surface area contributed by atoms with Crippen LogP contribution in [0.3, 0.4) is 0 Å². The first-order valence-corrected chi connectivity index (χ1v) is 8.45. The van der Waals surface area contributed by atoms with E-state index in [1.54, 1.807) is 12.4 Å². The lowest BCUT2D eigenvalue weighted by atomic mass is 9.98. The van der Waals surface area contributed by atoms with Gasteiger partial charge in [-0.2, -0.15) is 0 Å². The molecule has 0 aromatic carbocycles. The molecule has 1 aliphatic heterocycles. The molecule has 0 amide bonds. The Bertz CT molecular complexity index is 555. The highest BCUT2D eigenvalue weighted by molar-refractivity contribution is 7.09. The van der Waals surface area contributed by atoms with Gasteiger partial charge in [-0.15, -0.1) is 11.3 Å². The summed E-state index contributed by atoms with van der Waals surface area (Å²) in [4.78, 5) is 12.7. The van der Waals surface area contributed by atoms with E-state index in [2.05, 4.69) is 37.7 Å². The topological polar surface area (TPSA) is 41.1 Å². The lowest BCUT2D eigenvalue weighted by Crippen LogP contribution is -2.37. The second kappa shape index (κ2) is 7.00. The number of nitrogens with one attached hydrogen (secondary N) is 1. The molecule has 1 unspecified atom stereocenters. The average molecular weight is 302 g/mol. The molecule has 0 saturated carbocycles. The van der Waals surface area contributed by atoms with Crippen LogP contribution in [0.4, 0.5) is 5.82 Å². The summed E-state index contributed by atoms with van der Waals surface area (Å²) >= 11 is 1.85. The normalized spacial score (nSPS) is 19.6. The molecule has 3 rings (SSSR count). The fraction of sp³-hybridized carbons (Fsp3) is 0.500.